The van der Waals surface area contributed by atoms with Gasteiger partial charge in [0.15, 0.2) is 0 Å². The number of hydrogen-bond donors (Lipinski definition) is 1. The number of alkyl halides is 3. The summed E-state index contributed by atoms with van der Waals surface area (Å²) in [6.45, 7) is -0.476. The van der Waals surface area contributed by atoms with Crippen LogP contribution in [-0.2, 0) is 22.7 Å². The molecule has 0 saturated heterocycles. The zero-order valence-corrected chi connectivity index (χ0v) is 18.8. The van der Waals surface area contributed by atoms with Gasteiger partial charge >= 0.3 is 6.18 Å². The van der Waals surface area contributed by atoms with Crippen molar-refractivity contribution in [3.63, 3.8) is 0 Å². The molecule has 4 aromatic rings. The van der Waals surface area contributed by atoms with Crippen LogP contribution in [-0.4, -0.2) is 14.3 Å². The fourth-order valence-corrected chi connectivity index (χ4v) is 6.06. The van der Waals surface area contributed by atoms with Crippen molar-refractivity contribution < 1.29 is 30.8 Å². The van der Waals surface area contributed by atoms with E-state index in [0.717, 1.165) is 31.8 Å². The topological polar surface area (TPSA) is 80.5 Å². The SMILES string of the molecule is NC(=O)c1ccc(S(=O)(=O)N(Cc2ccc(F)c(C(F)(F)F)c2)c2cc3ccccc3s2)cc1. The number of nitrogens with two attached hydrogens (primary N) is 1. The molecule has 3 aromatic carbocycles. The van der Waals surface area contributed by atoms with Gasteiger partial charge in [-0.15, -0.1) is 11.3 Å². The van der Waals surface area contributed by atoms with E-state index in [1.54, 1.807) is 30.3 Å². The van der Waals surface area contributed by atoms with E-state index >= 15 is 0 Å². The van der Waals surface area contributed by atoms with E-state index in [0.29, 0.717) is 12.1 Å². The summed E-state index contributed by atoms with van der Waals surface area (Å²) in [5.74, 6) is -2.19. The Morgan fingerprint density at radius 2 is 1.65 bits per heavy atom. The van der Waals surface area contributed by atoms with Crippen molar-refractivity contribution in [1.29, 1.82) is 0 Å². The maximum atomic E-state index is 13.8. The lowest BCUT2D eigenvalue weighted by molar-refractivity contribution is -0.140. The summed E-state index contributed by atoms with van der Waals surface area (Å²) in [6, 6.07) is 16.0. The number of thiophene rings is 1. The fourth-order valence-electron chi connectivity index (χ4n) is 3.34. The largest absolute Gasteiger partial charge is 0.419 e. The van der Waals surface area contributed by atoms with E-state index in [2.05, 4.69) is 0 Å². The number of primary amides is 1. The van der Waals surface area contributed by atoms with Crippen LogP contribution in [0.2, 0.25) is 0 Å². The van der Waals surface area contributed by atoms with Crippen molar-refractivity contribution in [2.45, 2.75) is 17.6 Å². The number of carbonyl (C=O) groups is 1. The minimum absolute atomic E-state index is 0.0523. The Balaban J connectivity index is 1.83. The Bertz CT molecular complexity index is 1450. The van der Waals surface area contributed by atoms with E-state index in [4.69, 9.17) is 5.73 Å². The van der Waals surface area contributed by atoms with Crippen molar-refractivity contribution in [3.05, 3.63) is 95.3 Å². The normalized spacial score (nSPS) is 12.1. The second-order valence-electron chi connectivity index (χ2n) is 7.33. The Hall–Kier alpha value is -3.44. The highest BCUT2D eigenvalue weighted by atomic mass is 32.2. The van der Waals surface area contributed by atoms with Crippen LogP contribution in [0, 0.1) is 5.82 Å². The van der Waals surface area contributed by atoms with E-state index in [1.165, 1.54) is 24.3 Å². The van der Waals surface area contributed by atoms with Gasteiger partial charge in [-0.3, -0.25) is 9.10 Å². The maximum absolute atomic E-state index is 13.8. The molecule has 2 N–H and O–H groups in total. The van der Waals surface area contributed by atoms with Gasteiger partial charge < -0.3 is 5.73 Å². The van der Waals surface area contributed by atoms with Crippen molar-refractivity contribution in [3.8, 4) is 0 Å². The van der Waals surface area contributed by atoms with Gasteiger partial charge in [0.1, 0.15) is 10.8 Å². The highest BCUT2D eigenvalue weighted by Crippen LogP contribution is 2.37. The quantitative estimate of drug-likeness (QED) is 0.347. The summed E-state index contributed by atoms with van der Waals surface area (Å²) in [6.07, 6.45) is -4.94. The van der Waals surface area contributed by atoms with Crippen LogP contribution in [0.1, 0.15) is 21.5 Å². The smallest absolute Gasteiger partial charge is 0.366 e. The lowest BCUT2D eigenvalue weighted by Gasteiger charge is -2.23. The van der Waals surface area contributed by atoms with Crippen molar-refractivity contribution in [1.82, 2.24) is 0 Å². The Labute approximate surface area is 196 Å². The van der Waals surface area contributed by atoms with Crippen LogP contribution >= 0.6 is 11.3 Å². The Kier molecular flexibility index (Phi) is 6.09. The molecular weight excluding hydrogens is 492 g/mol. The third kappa shape index (κ3) is 4.62. The number of halogens is 4. The first kappa shape index (κ1) is 23.7. The van der Waals surface area contributed by atoms with Gasteiger partial charge in [0.25, 0.3) is 10.0 Å². The average molecular weight is 509 g/mol. The molecule has 0 aliphatic carbocycles. The first-order chi connectivity index (χ1) is 16.0. The van der Waals surface area contributed by atoms with E-state index < -0.39 is 40.0 Å². The van der Waals surface area contributed by atoms with E-state index in [1.807, 2.05) is 0 Å². The fraction of sp³-hybridized carbons (Fsp3) is 0.0870. The monoisotopic (exact) mass is 508 g/mol. The van der Waals surface area contributed by atoms with Crippen molar-refractivity contribution >= 4 is 42.4 Å². The zero-order chi connectivity index (χ0) is 24.7. The number of rotatable bonds is 6. The third-order valence-corrected chi connectivity index (χ3v) is 8.08. The molecule has 0 saturated carbocycles. The summed E-state index contributed by atoms with van der Waals surface area (Å²) in [5, 5.41) is 1.01. The van der Waals surface area contributed by atoms with Gasteiger partial charge in [-0.1, -0.05) is 24.3 Å². The van der Waals surface area contributed by atoms with Gasteiger partial charge in [-0.25, -0.2) is 12.8 Å². The third-order valence-electron chi connectivity index (χ3n) is 5.05. The summed E-state index contributed by atoms with van der Waals surface area (Å²) in [5.41, 5.74) is 3.77. The Morgan fingerprint density at radius 1 is 0.971 bits per heavy atom. The van der Waals surface area contributed by atoms with Crippen LogP contribution in [0.4, 0.5) is 22.6 Å². The van der Waals surface area contributed by atoms with Crippen molar-refractivity contribution in [2.24, 2.45) is 5.73 Å². The predicted octanol–water partition coefficient (Wildman–Crippen LogP) is 5.55. The molecule has 11 heteroatoms. The molecule has 5 nitrogen and oxygen atoms in total. The maximum Gasteiger partial charge on any atom is 0.419 e. The van der Waals surface area contributed by atoms with Crippen molar-refractivity contribution in [2.75, 3.05) is 4.31 Å². The van der Waals surface area contributed by atoms with Gasteiger partial charge in [0.2, 0.25) is 5.91 Å². The lowest BCUT2D eigenvalue weighted by atomic mass is 10.1. The van der Waals surface area contributed by atoms with E-state index in [9.17, 15) is 30.8 Å². The van der Waals surface area contributed by atoms with Gasteiger partial charge in [-0.2, -0.15) is 13.2 Å². The molecule has 34 heavy (non-hydrogen) atoms. The molecule has 0 spiro atoms. The summed E-state index contributed by atoms with van der Waals surface area (Å²) >= 11 is 1.14. The Morgan fingerprint density at radius 3 is 2.26 bits per heavy atom. The molecule has 0 radical (unpaired) electrons. The summed E-state index contributed by atoms with van der Waals surface area (Å²) < 4.78 is 82.3. The molecular formula is C23H16F4N2O3S2. The number of nitrogens with zero attached hydrogens (tertiary/aromatic N) is 1. The molecule has 0 bridgehead atoms. The molecule has 1 aromatic heterocycles. The molecule has 0 aliphatic rings. The number of anilines is 1. The first-order valence-electron chi connectivity index (χ1n) is 9.73. The van der Waals surface area contributed by atoms with Gasteiger partial charge in [-0.05, 0) is 59.5 Å². The number of benzene rings is 3. The molecule has 0 unspecified atom stereocenters. The molecule has 0 fully saturated rings. The number of carbonyl (C=O) groups excluding carboxylic acids is 1. The van der Waals surface area contributed by atoms with Crippen LogP contribution in [0.25, 0.3) is 10.1 Å². The van der Waals surface area contributed by atoms with Crippen LogP contribution in [0.3, 0.4) is 0 Å². The second kappa shape index (κ2) is 8.73. The highest BCUT2D eigenvalue weighted by molar-refractivity contribution is 7.93. The number of fused-ring (bicyclic) bond motifs is 1. The molecule has 0 aliphatic heterocycles. The summed E-state index contributed by atoms with van der Waals surface area (Å²) in [7, 11) is -4.28. The minimum atomic E-state index is -4.94. The molecule has 1 amide bonds. The van der Waals surface area contributed by atoms with Gasteiger partial charge in [0.05, 0.1) is 17.0 Å². The number of hydrogen-bond acceptors (Lipinski definition) is 4. The molecule has 176 valence electrons. The van der Waals surface area contributed by atoms with Crippen LogP contribution in [0.5, 0.6) is 0 Å². The molecule has 1 heterocycles. The zero-order valence-electron chi connectivity index (χ0n) is 17.2. The standard InChI is InChI=1S/C23H16F4N2O3S2/c24-19-10-5-14(11-18(19)23(25,26)27)13-29(21-12-16-3-1-2-4-20(16)33-21)34(31,32)17-8-6-15(7-9-17)22(28)30/h1-12H,13H2,(H2,28,30). The second-order valence-corrected chi connectivity index (χ2v) is 10.3. The van der Waals surface area contributed by atoms with Crippen LogP contribution in [0.15, 0.2) is 77.7 Å². The molecule has 0 atom stereocenters. The molecule has 4 rings (SSSR count). The highest BCUT2D eigenvalue weighted by Gasteiger charge is 2.35. The lowest BCUT2D eigenvalue weighted by Crippen LogP contribution is -2.30. The minimum Gasteiger partial charge on any atom is -0.366 e. The van der Waals surface area contributed by atoms with Gasteiger partial charge in [0, 0.05) is 10.3 Å². The predicted molar refractivity (Wildman–Crippen MR) is 122 cm³/mol. The number of amides is 1. The number of sulfonamides is 1. The average Bonchev–Trinajstić information content (AvgIpc) is 3.21. The van der Waals surface area contributed by atoms with E-state index in [-0.39, 0.29) is 21.0 Å². The first-order valence-corrected chi connectivity index (χ1v) is 12.0. The van der Waals surface area contributed by atoms with Crippen LogP contribution < -0.4 is 10.0 Å². The summed E-state index contributed by atoms with van der Waals surface area (Å²) in [4.78, 5) is 11.2.